The highest BCUT2D eigenvalue weighted by Crippen LogP contribution is 2.09. The summed E-state index contributed by atoms with van der Waals surface area (Å²) in [5.41, 5.74) is 1.18. The quantitative estimate of drug-likeness (QED) is 0.401. The van der Waals surface area contributed by atoms with Gasteiger partial charge in [0.05, 0.1) is 8.81 Å². The molecule has 0 saturated heterocycles. The molecular weight excluding hydrogens is 147 g/mol. The second-order valence-electron chi connectivity index (χ2n) is 2.06. The summed E-state index contributed by atoms with van der Waals surface area (Å²) in [6, 6.07) is 7.85. The van der Waals surface area contributed by atoms with Crippen LogP contribution in [0.5, 0.6) is 0 Å². The van der Waals surface area contributed by atoms with E-state index in [0.717, 1.165) is 5.30 Å². The lowest BCUT2D eigenvalue weighted by Crippen LogP contribution is -1.93. The van der Waals surface area contributed by atoms with E-state index in [1.807, 2.05) is 31.2 Å². The van der Waals surface area contributed by atoms with Crippen LogP contribution in [-0.2, 0) is 4.67 Å². The molecule has 0 heterocycles. The van der Waals surface area contributed by atoms with Gasteiger partial charge in [0.15, 0.2) is 0 Å². The van der Waals surface area contributed by atoms with Crippen molar-refractivity contribution in [2.24, 2.45) is 0 Å². The Labute approximate surface area is 61.6 Å². The largest absolute Gasteiger partial charge is 0.248 e. The highest BCUT2D eigenvalue weighted by Gasteiger charge is 1.90. The van der Waals surface area contributed by atoms with E-state index in [-0.39, 0.29) is 8.81 Å². The number of rotatable bonds is 2. The van der Waals surface area contributed by atoms with Crippen LogP contribution in [0.3, 0.4) is 0 Å². The van der Waals surface area contributed by atoms with Crippen LogP contribution < -0.4 is 5.30 Å². The van der Waals surface area contributed by atoms with Gasteiger partial charge >= 0.3 is 0 Å². The topological polar surface area (TPSA) is 29.5 Å². The Morgan fingerprint density at radius 3 is 2.90 bits per heavy atom. The van der Waals surface area contributed by atoms with Crippen LogP contribution in [0, 0.1) is 6.92 Å². The molecule has 0 aromatic heterocycles. The Hall–Kier alpha value is -0.430. The zero-order valence-electron chi connectivity index (χ0n) is 5.66. The molecule has 0 aliphatic rings. The summed E-state index contributed by atoms with van der Waals surface area (Å²) in [5, 5.41) is 9.14. The third-order valence-electron chi connectivity index (χ3n) is 1.18. The van der Waals surface area contributed by atoms with E-state index >= 15 is 0 Å². The molecule has 3 heteroatoms. The second-order valence-corrected chi connectivity index (χ2v) is 3.03. The fraction of sp³-hybridized carbons (Fsp3) is 0.143. The molecule has 1 atom stereocenters. The maximum atomic E-state index is 8.12. The predicted octanol–water partition coefficient (Wildman–Crippen LogP) is 1.70. The van der Waals surface area contributed by atoms with Gasteiger partial charge < -0.3 is 0 Å². The van der Waals surface area contributed by atoms with Gasteiger partial charge in [0.1, 0.15) is 0 Å². The first-order valence-corrected chi connectivity index (χ1v) is 3.87. The van der Waals surface area contributed by atoms with Gasteiger partial charge in [-0.25, -0.2) is 9.93 Å². The minimum Gasteiger partial charge on any atom is -0.248 e. The van der Waals surface area contributed by atoms with Crippen LogP contribution in [0.4, 0.5) is 0 Å². The summed E-state index contributed by atoms with van der Waals surface area (Å²) < 4.78 is 4.01. The van der Waals surface area contributed by atoms with Gasteiger partial charge in [-0.3, -0.25) is 0 Å². The average molecular weight is 156 g/mol. The van der Waals surface area contributed by atoms with E-state index in [1.165, 1.54) is 5.56 Å². The molecule has 1 rings (SSSR count). The number of hydrogen-bond acceptors (Lipinski definition) is 2. The molecule has 1 N–H and O–H groups in total. The number of aryl methyl sites for hydroxylation is 1. The summed E-state index contributed by atoms with van der Waals surface area (Å²) in [7, 11) is 0.0391. The molecule has 0 aliphatic carbocycles. The summed E-state index contributed by atoms with van der Waals surface area (Å²) in [4.78, 5) is 0. The first-order chi connectivity index (χ1) is 4.83. The highest BCUT2D eigenvalue weighted by molar-refractivity contribution is 7.41. The Morgan fingerprint density at radius 1 is 1.50 bits per heavy atom. The Kier molecular flexibility index (Phi) is 2.82. The van der Waals surface area contributed by atoms with Crippen molar-refractivity contribution in [2.45, 2.75) is 6.92 Å². The number of hydrogen-bond donors (Lipinski definition) is 1. The molecule has 1 aromatic carbocycles. The molecule has 0 spiro atoms. The van der Waals surface area contributed by atoms with Crippen LogP contribution in [-0.4, -0.2) is 5.26 Å². The third-order valence-corrected chi connectivity index (χ3v) is 1.82. The lowest BCUT2D eigenvalue weighted by atomic mass is 10.2. The molecule has 0 amide bonds. The van der Waals surface area contributed by atoms with Crippen LogP contribution in [0.1, 0.15) is 5.56 Å². The molecule has 0 aliphatic heterocycles. The molecule has 1 aromatic rings. The third kappa shape index (κ3) is 2.07. The first kappa shape index (κ1) is 7.67. The molecule has 0 saturated carbocycles. The molecule has 10 heavy (non-hydrogen) atoms. The summed E-state index contributed by atoms with van der Waals surface area (Å²) >= 11 is 0. The summed E-state index contributed by atoms with van der Waals surface area (Å²) in [6.45, 7) is 2.01. The Balaban J connectivity index is 2.75. The van der Waals surface area contributed by atoms with Gasteiger partial charge in [0.25, 0.3) is 0 Å². The lowest BCUT2D eigenvalue weighted by Gasteiger charge is -1.96. The van der Waals surface area contributed by atoms with Gasteiger partial charge in [-0.05, 0) is 13.0 Å². The van der Waals surface area contributed by atoms with Gasteiger partial charge in [0, 0.05) is 5.30 Å². The van der Waals surface area contributed by atoms with Crippen molar-refractivity contribution < 1.29 is 9.93 Å². The van der Waals surface area contributed by atoms with Crippen molar-refractivity contribution in [1.29, 1.82) is 0 Å². The summed E-state index contributed by atoms with van der Waals surface area (Å²) in [6.07, 6.45) is 0. The maximum absolute atomic E-state index is 8.12. The minimum absolute atomic E-state index is 0.0391. The normalized spacial score (nSPS) is 11.0. The zero-order valence-corrected chi connectivity index (χ0v) is 6.66. The maximum Gasteiger partial charge on any atom is 0.0876 e. The predicted molar refractivity (Wildman–Crippen MR) is 42.8 cm³/mol. The van der Waals surface area contributed by atoms with Crippen LogP contribution in [0.15, 0.2) is 24.3 Å². The van der Waals surface area contributed by atoms with Gasteiger partial charge in [-0.15, -0.1) is 0 Å². The lowest BCUT2D eigenvalue weighted by molar-refractivity contribution is -0.121. The average Bonchev–Trinajstić information content (AvgIpc) is 1.88. The van der Waals surface area contributed by atoms with Crippen molar-refractivity contribution in [3.63, 3.8) is 0 Å². The van der Waals surface area contributed by atoms with Gasteiger partial charge in [0.2, 0.25) is 0 Å². The Morgan fingerprint density at radius 2 is 2.30 bits per heavy atom. The minimum atomic E-state index is 0.0391. The van der Waals surface area contributed by atoms with Crippen LogP contribution in [0.25, 0.3) is 0 Å². The monoisotopic (exact) mass is 156 g/mol. The van der Waals surface area contributed by atoms with Crippen molar-refractivity contribution in [3.05, 3.63) is 29.8 Å². The standard InChI is InChI=1S/C7H9O2P/c1-6-3-2-4-7(5-6)10-9-8/h2-5,8,10H,1H3. The van der Waals surface area contributed by atoms with Crippen LogP contribution in [0.2, 0.25) is 0 Å². The number of benzene rings is 1. The SMILES string of the molecule is Cc1cccc(POO)c1. The molecule has 1 unspecified atom stereocenters. The van der Waals surface area contributed by atoms with E-state index in [0.29, 0.717) is 0 Å². The summed E-state index contributed by atoms with van der Waals surface area (Å²) in [5.74, 6) is 0. The molecule has 0 radical (unpaired) electrons. The highest BCUT2D eigenvalue weighted by atomic mass is 31.1. The zero-order chi connectivity index (χ0) is 7.40. The van der Waals surface area contributed by atoms with E-state index in [1.54, 1.807) is 0 Å². The fourth-order valence-electron chi connectivity index (χ4n) is 0.761. The van der Waals surface area contributed by atoms with E-state index in [9.17, 15) is 0 Å². The van der Waals surface area contributed by atoms with Crippen molar-refractivity contribution >= 4 is 14.1 Å². The van der Waals surface area contributed by atoms with E-state index in [4.69, 9.17) is 5.26 Å². The molecule has 0 fully saturated rings. The first-order valence-electron chi connectivity index (χ1n) is 2.96. The molecule has 54 valence electrons. The van der Waals surface area contributed by atoms with Gasteiger partial charge in [-0.2, -0.15) is 0 Å². The van der Waals surface area contributed by atoms with Crippen molar-refractivity contribution in [2.75, 3.05) is 0 Å². The molecule has 0 bridgehead atoms. The Bertz CT molecular complexity index is 213. The molecular formula is C7H9O2P. The second kappa shape index (κ2) is 3.67. The van der Waals surface area contributed by atoms with Crippen LogP contribution >= 0.6 is 8.81 Å². The fourth-order valence-corrected chi connectivity index (χ4v) is 1.32. The molecule has 2 nitrogen and oxygen atoms in total. The van der Waals surface area contributed by atoms with Crippen molar-refractivity contribution in [1.82, 2.24) is 0 Å². The van der Waals surface area contributed by atoms with E-state index < -0.39 is 0 Å². The smallest absolute Gasteiger partial charge is 0.0876 e. The van der Waals surface area contributed by atoms with Crippen molar-refractivity contribution in [3.8, 4) is 0 Å². The van der Waals surface area contributed by atoms with E-state index in [2.05, 4.69) is 4.67 Å². The van der Waals surface area contributed by atoms with Gasteiger partial charge in [-0.1, -0.05) is 23.8 Å².